The second-order valence-electron chi connectivity index (χ2n) is 6.37. The van der Waals surface area contributed by atoms with E-state index in [-0.39, 0.29) is 0 Å². The van der Waals surface area contributed by atoms with Gasteiger partial charge in [-0.1, -0.05) is 25.6 Å². The standard InChI is InChI=1S/C14H25N3S/c1-10(2)7-13-8-15-14(18-13)16-11-5-6-17(9-11)12-3-4-12/h10-13H,3-9H2,1-2H3,(H,15,16). The summed E-state index contributed by atoms with van der Waals surface area (Å²) in [6.07, 6.45) is 5.45. The maximum Gasteiger partial charge on any atom is 0.157 e. The highest BCUT2D eigenvalue weighted by atomic mass is 32.2. The van der Waals surface area contributed by atoms with E-state index in [0.29, 0.717) is 11.3 Å². The van der Waals surface area contributed by atoms with E-state index in [1.807, 2.05) is 11.8 Å². The second-order valence-corrected chi connectivity index (χ2v) is 7.66. The third-order valence-electron chi connectivity index (χ3n) is 4.06. The highest BCUT2D eigenvalue weighted by Crippen LogP contribution is 2.31. The molecule has 2 aliphatic heterocycles. The normalized spacial score (nSPS) is 33.2. The molecule has 1 saturated heterocycles. The maximum atomic E-state index is 4.67. The van der Waals surface area contributed by atoms with Crippen molar-refractivity contribution in [1.82, 2.24) is 10.2 Å². The number of nitrogens with one attached hydrogen (secondary N) is 1. The smallest absolute Gasteiger partial charge is 0.157 e. The van der Waals surface area contributed by atoms with Gasteiger partial charge in [-0.05, 0) is 31.6 Å². The predicted molar refractivity (Wildman–Crippen MR) is 79.3 cm³/mol. The van der Waals surface area contributed by atoms with Gasteiger partial charge in [0, 0.05) is 30.4 Å². The number of thioether (sulfide) groups is 1. The second kappa shape index (κ2) is 5.41. The molecule has 0 bridgehead atoms. The molecule has 0 radical (unpaired) electrons. The van der Waals surface area contributed by atoms with Crippen LogP contribution >= 0.6 is 11.8 Å². The summed E-state index contributed by atoms with van der Waals surface area (Å²) < 4.78 is 0. The van der Waals surface area contributed by atoms with Crippen LogP contribution in [0, 0.1) is 5.92 Å². The zero-order chi connectivity index (χ0) is 12.5. The van der Waals surface area contributed by atoms with E-state index in [0.717, 1.165) is 18.5 Å². The molecular weight excluding hydrogens is 242 g/mol. The van der Waals surface area contributed by atoms with E-state index in [1.165, 1.54) is 43.9 Å². The minimum atomic E-state index is 0.648. The fourth-order valence-corrected chi connectivity index (χ4v) is 4.33. The number of nitrogens with zero attached hydrogens (tertiary/aromatic N) is 2. The van der Waals surface area contributed by atoms with E-state index in [2.05, 4.69) is 29.1 Å². The molecule has 1 saturated carbocycles. The van der Waals surface area contributed by atoms with Crippen molar-refractivity contribution in [2.45, 2.75) is 56.9 Å². The molecule has 18 heavy (non-hydrogen) atoms. The number of rotatable bonds is 4. The van der Waals surface area contributed by atoms with E-state index in [1.54, 1.807) is 0 Å². The SMILES string of the molecule is CC(C)CC1CN=C(NC2CCN(C3CC3)C2)S1. The molecule has 0 aromatic heterocycles. The maximum absolute atomic E-state index is 4.67. The van der Waals surface area contributed by atoms with Gasteiger partial charge in [-0.2, -0.15) is 0 Å². The van der Waals surface area contributed by atoms with Gasteiger partial charge in [0.2, 0.25) is 0 Å². The van der Waals surface area contributed by atoms with Gasteiger partial charge >= 0.3 is 0 Å². The molecule has 3 rings (SSSR count). The number of likely N-dealkylation sites (tertiary alicyclic amines) is 1. The monoisotopic (exact) mass is 267 g/mol. The summed E-state index contributed by atoms with van der Waals surface area (Å²) in [6, 6.07) is 1.57. The summed E-state index contributed by atoms with van der Waals surface area (Å²) in [4.78, 5) is 7.33. The third-order valence-corrected chi connectivity index (χ3v) is 5.21. The molecular formula is C14H25N3S. The Bertz CT molecular complexity index is 325. The summed E-state index contributed by atoms with van der Waals surface area (Å²) in [5.74, 6) is 0.786. The number of amidine groups is 1. The van der Waals surface area contributed by atoms with Crippen LogP contribution in [0.3, 0.4) is 0 Å². The first-order valence-corrected chi connectivity index (χ1v) is 8.30. The van der Waals surface area contributed by atoms with Crippen molar-refractivity contribution < 1.29 is 0 Å². The molecule has 2 fully saturated rings. The molecule has 0 spiro atoms. The Morgan fingerprint density at radius 2 is 2.22 bits per heavy atom. The summed E-state index contributed by atoms with van der Waals surface area (Å²) in [6.45, 7) is 8.14. The molecule has 3 nitrogen and oxygen atoms in total. The Labute approximate surface area is 115 Å². The summed E-state index contributed by atoms with van der Waals surface area (Å²) in [5, 5.41) is 5.59. The van der Waals surface area contributed by atoms with Crippen molar-refractivity contribution in [2.75, 3.05) is 19.6 Å². The third kappa shape index (κ3) is 3.21. The van der Waals surface area contributed by atoms with Crippen LogP contribution in [0.4, 0.5) is 0 Å². The van der Waals surface area contributed by atoms with E-state index in [9.17, 15) is 0 Å². The van der Waals surface area contributed by atoms with Crippen LogP contribution in [0.1, 0.15) is 39.5 Å². The molecule has 1 aliphatic carbocycles. The van der Waals surface area contributed by atoms with Crippen LogP contribution in [0.15, 0.2) is 4.99 Å². The fourth-order valence-electron chi connectivity index (χ4n) is 3.00. The molecule has 0 amide bonds. The summed E-state index contributed by atoms with van der Waals surface area (Å²) >= 11 is 1.97. The van der Waals surface area contributed by atoms with Crippen LogP contribution in [-0.2, 0) is 0 Å². The van der Waals surface area contributed by atoms with Crippen molar-refractivity contribution in [2.24, 2.45) is 10.9 Å². The average Bonchev–Trinajstić information content (AvgIpc) is 2.92. The Morgan fingerprint density at radius 1 is 1.39 bits per heavy atom. The molecule has 0 aromatic carbocycles. The Morgan fingerprint density at radius 3 is 2.94 bits per heavy atom. The summed E-state index contributed by atoms with van der Waals surface area (Å²) in [5.41, 5.74) is 0. The largest absolute Gasteiger partial charge is 0.361 e. The predicted octanol–water partition coefficient (Wildman–Crippen LogP) is 2.33. The fraction of sp³-hybridized carbons (Fsp3) is 0.929. The first-order chi connectivity index (χ1) is 8.70. The first kappa shape index (κ1) is 12.8. The van der Waals surface area contributed by atoms with Gasteiger partial charge in [0.15, 0.2) is 5.17 Å². The van der Waals surface area contributed by atoms with E-state index in [4.69, 9.17) is 0 Å². The van der Waals surface area contributed by atoms with Crippen LogP contribution in [-0.4, -0.2) is 47.0 Å². The van der Waals surface area contributed by atoms with Gasteiger partial charge in [-0.3, -0.25) is 9.89 Å². The molecule has 1 N–H and O–H groups in total. The quantitative estimate of drug-likeness (QED) is 0.847. The number of hydrogen-bond acceptors (Lipinski definition) is 4. The lowest BCUT2D eigenvalue weighted by Gasteiger charge is -2.17. The zero-order valence-electron chi connectivity index (χ0n) is 11.6. The topological polar surface area (TPSA) is 27.6 Å². The van der Waals surface area contributed by atoms with Gasteiger partial charge in [0.1, 0.15) is 0 Å². The molecule has 2 atom stereocenters. The molecule has 2 heterocycles. The lowest BCUT2D eigenvalue weighted by Crippen LogP contribution is -2.35. The highest BCUT2D eigenvalue weighted by Gasteiger charge is 2.35. The van der Waals surface area contributed by atoms with E-state index >= 15 is 0 Å². The first-order valence-electron chi connectivity index (χ1n) is 7.42. The van der Waals surface area contributed by atoms with Crippen molar-refractivity contribution in [3.63, 3.8) is 0 Å². The number of hydrogen-bond donors (Lipinski definition) is 1. The molecule has 4 heteroatoms. The molecule has 0 aromatic rings. The van der Waals surface area contributed by atoms with Gasteiger partial charge in [0.05, 0.1) is 6.54 Å². The summed E-state index contributed by atoms with van der Waals surface area (Å²) in [7, 11) is 0. The minimum Gasteiger partial charge on any atom is -0.361 e. The van der Waals surface area contributed by atoms with Gasteiger partial charge in [0.25, 0.3) is 0 Å². The number of aliphatic imine (C=N–C) groups is 1. The van der Waals surface area contributed by atoms with Crippen LogP contribution in [0.2, 0.25) is 0 Å². The molecule has 3 aliphatic rings. The zero-order valence-corrected chi connectivity index (χ0v) is 12.4. The van der Waals surface area contributed by atoms with Crippen LogP contribution in [0.5, 0.6) is 0 Å². The molecule has 2 unspecified atom stereocenters. The Kier molecular flexibility index (Phi) is 3.85. The van der Waals surface area contributed by atoms with Crippen LogP contribution in [0.25, 0.3) is 0 Å². The van der Waals surface area contributed by atoms with Gasteiger partial charge < -0.3 is 5.32 Å². The lowest BCUT2D eigenvalue weighted by atomic mass is 10.1. The van der Waals surface area contributed by atoms with Crippen LogP contribution < -0.4 is 5.32 Å². The highest BCUT2D eigenvalue weighted by molar-refractivity contribution is 8.14. The van der Waals surface area contributed by atoms with Crippen molar-refractivity contribution >= 4 is 16.9 Å². The van der Waals surface area contributed by atoms with Crippen molar-refractivity contribution in [1.29, 1.82) is 0 Å². The minimum absolute atomic E-state index is 0.648. The van der Waals surface area contributed by atoms with Crippen molar-refractivity contribution in [3.8, 4) is 0 Å². The Balaban J connectivity index is 1.41. The Hall–Kier alpha value is -0.220. The van der Waals surface area contributed by atoms with Gasteiger partial charge in [-0.25, -0.2) is 0 Å². The van der Waals surface area contributed by atoms with E-state index < -0.39 is 0 Å². The van der Waals surface area contributed by atoms with Crippen molar-refractivity contribution in [3.05, 3.63) is 0 Å². The van der Waals surface area contributed by atoms with Gasteiger partial charge in [-0.15, -0.1) is 0 Å². The molecule has 102 valence electrons. The lowest BCUT2D eigenvalue weighted by molar-refractivity contribution is 0.322. The average molecular weight is 267 g/mol.